The first kappa shape index (κ1) is 23.7. The molecule has 0 spiro atoms. The van der Waals surface area contributed by atoms with Gasteiger partial charge in [-0.1, -0.05) is 71.5 Å². The summed E-state index contributed by atoms with van der Waals surface area (Å²) in [6, 6.07) is 14.1. The summed E-state index contributed by atoms with van der Waals surface area (Å²) in [5.41, 5.74) is 2.08. The van der Waals surface area contributed by atoms with Crippen molar-refractivity contribution in [2.24, 2.45) is 4.99 Å². The summed E-state index contributed by atoms with van der Waals surface area (Å²) in [5.74, 6) is 0.223. The molecule has 1 aliphatic heterocycles. The van der Waals surface area contributed by atoms with Crippen LogP contribution < -0.4 is 19.6 Å². The smallest absolute Gasteiger partial charge is 0.338 e. The van der Waals surface area contributed by atoms with Gasteiger partial charge in [-0.25, -0.2) is 9.79 Å². The average Bonchev–Trinajstić information content (AvgIpc) is 3.13. The molecule has 0 amide bonds. The normalized spacial score (nSPS) is 15.9. The summed E-state index contributed by atoms with van der Waals surface area (Å²) in [6.07, 6.45) is 5.41. The minimum Gasteiger partial charge on any atom is -0.496 e. The molecule has 0 fully saturated rings. The molecule has 3 aromatic rings. The summed E-state index contributed by atoms with van der Waals surface area (Å²) in [7, 11) is 1.61. The van der Waals surface area contributed by atoms with Crippen LogP contribution in [0.4, 0.5) is 0 Å². The number of ether oxygens (including phenoxy) is 2. The van der Waals surface area contributed by atoms with E-state index in [-0.39, 0.29) is 12.2 Å². The topological polar surface area (TPSA) is 69.9 Å². The number of nitrogens with zero attached hydrogens (tertiary/aromatic N) is 2. The molecule has 34 heavy (non-hydrogen) atoms. The molecule has 1 atom stereocenters. The number of esters is 1. The number of para-hydroxylation sites is 1. The number of rotatable bonds is 6. The van der Waals surface area contributed by atoms with Gasteiger partial charge in [0.05, 0.1) is 29.5 Å². The predicted octanol–water partition coefficient (Wildman–Crippen LogP) is 4.13. The van der Waals surface area contributed by atoms with E-state index in [0.717, 1.165) is 11.3 Å². The van der Waals surface area contributed by atoms with Crippen LogP contribution >= 0.6 is 22.9 Å². The number of carbonyl (C=O) groups excluding carboxylic acids is 1. The summed E-state index contributed by atoms with van der Waals surface area (Å²) < 4.78 is 12.7. The van der Waals surface area contributed by atoms with E-state index >= 15 is 0 Å². The number of hydrogen-bond donors (Lipinski definition) is 0. The summed E-state index contributed by atoms with van der Waals surface area (Å²) in [4.78, 5) is 31.5. The van der Waals surface area contributed by atoms with Crippen LogP contribution in [-0.4, -0.2) is 24.3 Å². The van der Waals surface area contributed by atoms with Gasteiger partial charge in [-0.2, -0.15) is 0 Å². The zero-order chi connectivity index (χ0) is 24.2. The van der Waals surface area contributed by atoms with E-state index in [4.69, 9.17) is 21.1 Å². The lowest BCUT2D eigenvalue weighted by atomic mass is 9.96. The molecule has 0 N–H and O–H groups in total. The van der Waals surface area contributed by atoms with Gasteiger partial charge < -0.3 is 9.47 Å². The molecule has 0 bridgehead atoms. The zero-order valence-corrected chi connectivity index (χ0v) is 20.5. The molecule has 4 rings (SSSR count). The third kappa shape index (κ3) is 4.49. The lowest BCUT2D eigenvalue weighted by molar-refractivity contribution is -0.139. The number of halogens is 1. The Morgan fingerprint density at radius 1 is 1.21 bits per heavy atom. The van der Waals surface area contributed by atoms with Crippen LogP contribution in [0.5, 0.6) is 5.75 Å². The molecule has 6 nitrogen and oxygen atoms in total. The molecule has 2 heterocycles. The first-order chi connectivity index (χ1) is 16.5. The van der Waals surface area contributed by atoms with Crippen LogP contribution in [0.1, 0.15) is 31.0 Å². The molecule has 0 radical (unpaired) electrons. The SMILES string of the molecule is CCOC(=O)C1=C(C)N=c2sc(=CC=Cc3ccccc3OC)c(=O)n2C1c1ccccc1Cl. The monoisotopic (exact) mass is 494 g/mol. The van der Waals surface area contributed by atoms with E-state index in [9.17, 15) is 9.59 Å². The number of benzene rings is 2. The molecule has 174 valence electrons. The molecule has 2 aromatic carbocycles. The second kappa shape index (κ2) is 10.2. The lowest BCUT2D eigenvalue weighted by Crippen LogP contribution is -2.40. The molecule has 8 heteroatoms. The number of allylic oxidation sites excluding steroid dienone is 2. The fourth-order valence-corrected chi connectivity index (χ4v) is 5.08. The predicted molar refractivity (Wildman–Crippen MR) is 135 cm³/mol. The maximum atomic E-state index is 13.5. The van der Waals surface area contributed by atoms with E-state index in [1.165, 1.54) is 15.9 Å². The highest BCUT2D eigenvalue weighted by Crippen LogP contribution is 2.34. The van der Waals surface area contributed by atoms with Crippen LogP contribution in [0.2, 0.25) is 5.02 Å². The van der Waals surface area contributed by atoms with Crippen molar-refractivity contribution in [3.63, 3.8) is 0 Å². The second-order valence-electron chi connectivity index (χ2n) is 7.45. The molecule has 0 saturated heterocycles. The third-order valence-electron chi connectivity index (χ3n) is 5.38. The van der Waals surface area contributed by atoms with E-state index in [0.29, 0.717) is 31.2 Å². The molecule has 1 aromatic heterocycles. The van der Waals surface area contributed by atoms with Crippen molar-refractivity contribution in [3.8, 4) is 5.75 Å². The van der Waals surface area contributed by atoms with E-state index in [1.54, 1.807) is 45.2 Å². The fourth-order valence-electron chi connectivity index (χ4n) is 3.84. The Morgan fingerprint density at radius 3 is 2.68 bits per heavy atom. The number of fused-ring (bicyclic) bond motifs is 1. The third-order valence-corrected chi connectivity index (χ3v) is 6.72. The van der Waals surface area contributed by atoms with Crippen LogP contribution in [0.3, 0.4) is 0 Å². The van der Waals surface area contributed by atoms with Crippen LogP contribution in [0, 0.1) is 0 Å². The number of methoxy groups -OCH3 is 1. The number of carbonyl (C=O) groups is 1. The van der Waals surface area contributed by atoms with Gasteiger partial charge in [-0.05, 0) is 37.6 Å². The molecule has 1 aliphatic rings. The van der Waals surface area contributed by atoms with E-state index in [1.807, 2.05) is 42.5 Å². The first-order valence-corrected chi connectivity index (χ1v) is 11.9. The van der Waals surface area contributed by atoms with Crippen LogP contribution in [0.15, 0.2) is 75.7 Å². The maximum absolute atomic E-state index is 13.5. The van der Waals surface area contributed by atoms with Crippen molar-refractivity contribution in [1.82, 2.24) is 4.57 Å². The Kier molecular flexibility index (Phi) is 7.14. The largest absolute Gasteiger partial charge is 0.496 e. The zero-order valence-electron chi connectivity index (χ0n) is 18.9. The molecule has 0 saturated carbocycles. The van der Waals surface area contributed by atoms with Crippen LogP contribution in [-0.2, 0) is 9.53 Å². The summed E-state index contributed by atoms with van der Waals surface area (Å²) in [5, 5.41) is 0.453. The van der Waals surface area contributed by atoms with Gasteiger partial charge in [-0.3, -0.25) is 9.36 Å². The van der Waals surface area contributed by atoms with Crippen molar-refractivity contribution in [3.05, 3.63) is 102 Å². The van der Waals surface area contributed by atoms with Gasteiger partial charge in [0.2, 0.25) is 0 Å². The highest BCUT2D eigenvalue weighted by Gasteiger charge is 2.34. The van der Waals surface area contributed by atoms with E-state index < -0.39 is 12.0 Å². The first-order valence-electron chi connectivity index (χ1n) is 10.7. The highest BCUT2D eigenvalue weighted by molar-refractivity contribution is 7.07. The number of hydrogen-bond acceptors (Lipinski definition) is 6. The molecule has 1 unspecified atom stereocenters. The van der Waals surface area contributed by atoms with Gasteiger partial charge in [0, 0.05) is 10.6 Å². The number of thiazole rings is 1. The van der Waals surface area contributed by atoms with Gasteiger partial charge in [-0.15, -0.1) is 0 Å². The van der Waals surface area contributed by atoms with Gasteiger partial charge >= 0.3 is 5.97 Å². The van der Waals surface area contributed by atoms with Gasteiger partial charge in [0.25, 0.3) is 5.56 Å². The van der Waals surface area contributed by atoms with E-state index in [2.05, 4.69) is 4.99 Å². The van der Waals surface area contributed by atoms with Crippen molar-refractivity contribution < 1.29 is 14.3 Å². The Labute approximate surface area is 205 Å². The summed E-state index contributed by atoms with van der Waals surface area (Å²) in [6.45, 7) is 3.69. The van der Waals surface area contributed by atoms with Crippen LogP contribution in [0.25, 0.3) is 12.2 Å². The van der Waals surface area contributed by atoms with Gasteiger partial charge in [0.1, 0.15) is 11.8 Å². The minimum absolute atomic E-state index is 0.211. The molecular formula is C26H23ClN2O4S. The van der Waals surface area contributed by atoms with Crippen molar-refractivity contribution in [1.29, 1.82) is 0 Å². The van der Waals surface area contributed by atoms with Crippen molar-refractivity contribution >= 4 is 41.1 Å². The molecule has 0 aliphatic carbocycles. The van der Waals surface area contributed by atoms with Gasteiger partial charge in [0.15, 0.2) is 4.80 Å². The number of aromatic nitrogens is 1. The Bertz CT molecular complexity index is 1480. The van der Waals surface area contributed by atoms with Crippen molar-refractivity contribution in [2.45, 2.75) is 19.9 Å². The highest BCUT2D eigenvalue weighted by atomic mass is 35.5. The average molecular weight is 495 g/mol. The maximum Gasteiger partial charge on any atom is 0.338 e. The Morgan fingerprint density at radius 2 is 1.94 bits per heavy atom. The Hall–Kier alpha value is -3.42. The standard InChI is InChI=1S/C26H23ClN2O4S/c1-4-33-25(31)22-16(2)28-26-29(23(22)18-12-6-7-13-19(18)27)24(30)21(34-26)15-9-11-17-10-5-8-14-20(17)32-3/h5-15,23H,4H2,1-3H3. The summed E-state index contributed by atoms with van der Waals surface area (Å²) >= 11 is 7.77. The lowest BCUT2D eigenvalue weighted by Gasteiger charge is -2.25. The minimum atomic E-state index is -0.732. The van der Waals surface area contributed by atoms with Crippen molar-refractivity contribution in [2.75, 3.05) is 13.7 Å². The second-order valence-corrected chi connectivity index (χ2v) is 8.86. The molecular weight excluding hydrogens is 472 g/mol. The fraction of sp³-hybridized carbons (Fsp3) is 0.192. The Balaban J connectivity index is 1.87. The quantitative estimate of drug-likeness (QED) is 0.483.